The average molecular weight is 559 g/mol. The molecule has 4 aromatic carbocycles. The number of carbonyl (C=O) groups is 3. The Kier molecular flexibility index (Phi) is 6.09. The van der Waals surface area contributed by atoms with Crippen LogP contribution in [0.5, 0.6) is 0 Å². The Hall–Kier alpha value is -3.93. The van der Waals surface area contributed by atoms with Gasteiger partial charge in [0.1, 0.15) is 11.6 Å². The van der Waals surface area contributed by atoms with Crippen molar-refractivity contribution >= 4 is 46.6 Å². The van der Waals surface area contributed by atoms with Crippen LogP contribution >= 0.6 is 23.2 Å². The normalized spacial score (nSPS) is 19.1. The van der Waals surface area contributed by atoms with Crippen molar-refractivity contribution in [3.8, 4) is 0 Å². The summed E-state index contributed by atoms with van der Waals surface area (Å²) in [6.45, 7) is 0. The van der Waals surface area contributed by atoms with E-state index in [9.17, 15) is 23.2 Å². The first kappa shape index (κ1) is 25.4. The van der Waals surface area contributed by atoms with Crippen LogP contribution in [0, 0.1) is 11.6 Å². The van der Waals surface area contributed by atoms with Crippen molar-refractivity contribution in [2.24, 2.45) is 0 Å². The van der Waals surface area contributed by atoms with E-state index in [2.05, 4.69) is 0 Å². The molecule has 2 aliphatic rings. The summed E-state index contributed by atoms with van der Waals surface area (Å²) in [5.74, 6) is -3.25. The molecule has 0 saturated heterocycles. The maximum atomic E-state index is 14.6. The van der Waals surface area contributed by atoms with E-state index >= 15 is 0 Å². The Balaban J connectivity index is 1.58. The number of allylic oxidation sites excluding steroid dienone is 1. The molecular formula is C32H18Cl2F2O3. The zero-order valence-electron chi connectivity index (χ0n) is 20.2. The fourth-order valence-electron chi connectivity index (χ4n) is 5.88. The van der Waals surface area contributed by atoms with Gasteiger partial charge in [-0.3, -0.25) is 14.4 Å². The second-order valence-corrected chi connectivity index (χ2v) is 10.6. The number of carbonyl (C=O) groups excluding carboxylic acids is 3. The lowest BCUT2D eigenvalue weighted by Crippen LogP contribution is -2.40. The smallest absolute Gasteiger partial charge is 0.190 e. The highest BCUT2D eigenvalue weighted by atomic mass is 35.5. The summed E-state index contributed by atoms with van der Waals surface area (Å²) in [4.78, 5) is 42.0. The molecule has 39 heavy (non-hydrogen) atoms. The Morgan fingerprint density at radius 2 is 1.36 bits per heavy atom. The lowest BCUT2D eigenvalue weighted by Gasteiger charge is -2.34. The molecule has 0 radical (unpaired) electrons. The van der Waals surface area contributed by atoms with Crippen LogP contribution in [0.2, 0.25) is 10.0 Å². The highest BCUT2D eigenvalue weighted by Crippen LogP contribution is 2.59. The molecule has 1 spiro atoms. The predicted molar refractivity (Wildman–Crippen MR) is 146 cm³/mol. The van der Waals surface area contributed by atoms with Crippen LogP contribution in [0.15, 0.2) is 90.5 Å². The minimum Gasteiger partial charge on any atom is -0.294 e. The topological polar surface area (TPSA) is 51.2 Å². The van der Waals surface area contributed by atoms with Gasteiger partial charge < -0.3 is 0 Å². The summed E-state index contributed by atoms with van der Waals surface area (Å²) in [6, 6.07) is 20.3. The zero-order chi connectivity index (χ0) is 27.5. The molecule has 0 heterocycles. The van der Waals surface area contributed by atoms with Gasteiger partial charge in [-0.2, -0.15) is 0 Å². The van der Waals surface area contributed by atoms with Crippen molar-refractivity contribution in [1.29, 1.82) is 0 Å². The summed E-state index contributed by atoms with van der Waals surface area (Å²) in [7, 11) is 0. The molecule has 0 fully saturated rings. The summed E-state index contributed by atoms with van der Waals surface area (Å²) in [5, 5.41) is 0.885. The fourth-order valence-corrected chi connectivity index (χ4v) is 6.13. The second-order valence-electron chi connectivity index (χ2n) is 9.68. The molecule has 4 aromatic rings. The molecule has 192 valence electrons. The van der Waals surface area contributed by atoms with Gasteiger partial charge in [0.2, 0.25) is 0 Å². The Labute approximate surface area is 232 Å². The predicted octanol–water partition coefficient (Wildman–Crippen LogP) is 8.04. The molecule has 2 aliphatic carbocycles. The first-order chi connectivity index (χ1) is 18.7. The SMILES string of the molecule is O=C(C[C@H]1c2cc(F)ccc2C(=O)[C@]12C(C(=O)c1ccc(Cl)cc1)=Cc1cc(F)ccc12)c1ccc(Cl)cc1. The van der Waals surface area contributed by atoms with Crippen molar-refractivity contribution in [2.75, 3.05) is 0 Å². The van der Waals surface area contributed by atoms with E-state index in [0.29, 0.717) is 32.3 Å². The van der Waals surface area contributed by atoms with E-state index in [-0.39, 0.29) is 28.9 Å². The number of halogens is 4. The number of hydrogen-bond donors (Lipinski definition) is 0. The van der Waals surface area contributed by atoms with Crippen molar-refractivity contribution in [3.05, 3.63) is 146 Å². The monoisotopic (exact) mass is 558 g/mol. The van der Waals surface area contributed by atoms with E-state index in [1.807, 2.05) is 0 Å². The molecule has 0 N–H and O–H groups in total. The van der Waals surface area contributed by atoms with Crippen LogP contribution in [0.4, 0.5) is 8.78 Å². The number of hydrogen-bond acceptors (Lipinski definition) is 3. The number of benzene rings is 4. The van der Waals surface area contributed by atoms with Gasteiger partial charge in [-0.05, 0) is 102 Å². The summed E-state index contributed by atoms with van der Waals surface area (Å²) in [6.07, 6.45) is 1.31. The third-order valence-electron chi connectivity index (χ3n) is 7.58. The summed E-state index contributed by atoms with van der Waals surface area (Å²) >= 11 is 12.0. The van der Waals surface area contributed by atoms with Gasteiger partial charge in [-0.1, -0.05) is 29.3 Å². The minimum atomic E-state index is -1.65. The van der Waals surface area contributed by atoms with Crippen LogP contribution in [0.3, 0.4) is 0 Å². The van der Waals surface area contributed by atoms with Crippen molar-refractivity contribution in [3.63, 3.8) is 0 Å². The molecule has 0 aromatic heterocycles. The van der Waals surface area contributed by atoms with Gasteiger partial charge in [0.15, 0.2) is 17.3 Å². The first-order valence-corrected chi connectivity index (χ1v) is 12.9. The van der Waals surface area contributed by atoms with E-state index in [1.165, 1.54) is 42.5 Å². The molecule has 0 aliphatic heterocycles. The third-order valence-corrected chi connectivity index (χ3v) is 8.09. The Morgan fingerprint density at radius 1 is 0.769 bits per heavy atom. The molecule has 0 bridgehead atoms. The molecule has 2 atom stereocenters. The largest absolute Gasteiger partial charge is 0.294 e. The Morgan fingerprint density at radius 3 is 2.03 bits per heavy atom. The van der Waals surface area contributed by atoms with E-state index in [4.69, 9.17) is 23.2 Å². The van der Waals surface area contributed by atoms with Crippen molar-refractivity contribution < 1.29 is 23.2 Å². The molecule has 0 saturated carbocycles. The van der Waals surface area contributed by atoms with Crippen molar-refractivity contribution in [2.45, 2.75) is 17.8 Å². The average Bonchev–Trinajstić information content (AvgIpc) is 3.37. The highest BCUT2D eigenvalue weighted by molar-refractivity contribution is 6.31. The molecule has 3 nitrogen and oxygen atoms in total. The maximum absolute atomic E-state index is 14.6. The lowest BCUT2D eigenvalue weighted by atomic mass is 9.64. The van der Waals surface area contributed by atoms with E-state index < -0.39 is 34.5 Å². The van der Waals surface area contributed by atoms with Gasteiger partial charge >= 0.3 is 0 Å². The molecular weight excluding hydrogens is 541 g/mol. The third kappa shape index (κ3) is 3.96. The number of rotatable bonds is 5. The van der Waals surface area contributed by atoms with Gasteiger partial charge in [0, 0.05) is 44.6 Å². The highest BCUT2D eigenvalue weighted by Gasteiger charge is 2.61. The van der Waals surface area contributed by atoms with Crippen LogP contribution < -0.4 is 0 Å². The number of fused-ring (bicyclic) bond motifs is 3. The van der Waals surface area contributed by atoms with E-state index in [0.717, 1.165) is 0 Å². The molecule has 6 rings (SSSR count). The quantitative estimate of drug-likeness (QED) is 0.233. The zero-order valence-corrected chi connectivity index (χ0v) is 21.7. The standard InChI is InChI=1S/C32H18Cl2F2O3/c33-20-5-1-17(2-6-20)29(37)16-27-25-15-23(36)9-11-24(25)31(39)32(27)26-12-10-22(35)13-19(26)14-28(32)30(38)18-3-7-21(34)8-4-18/h1-15,27H,16H2/t27-,32-/m0/s1. The molecule has 0 unspecified atom stereocenters. The van der Waals surface area contributed by atoms with Crippen LogP contribution in [0.1, 0.15) is 60.1 Å². The van der Waals surface area contributed by atoms with Crippen LogP contribution in [-0.2, 0) is 5.41 Å². The number of ketones is 3. The lowest BCUT2D eigenvalue weighted by molar-refractivity contribution is 0.0861. The fraction of sp³-hybridized carbons (Fsp3) is 0.0938. The van der Waals surface area contributed by atoms with Gasteiger partial charge in [0.05, 0.1) is 5.41 Å². The summed E-state index contributed by atoms with van der Waals surface area (Å²) < 4.78 is 29.0. The molecule has 7 heteroatoms. The Bertz CT molecular complexity index is 1730. The first-order valence-electron chi connectivity index (χ1n) is 12.2. The van der Waals surface area contributed by atoms with Crippen LogP contribution in [-0.4, -0.2) is 17.3 Å². The summed E-state index contributed by atoms with van der Waals surface area (Å²) in [5.41, 5.74) is 0.384. The second kappa shape index (κ2) is 9.37. The van der Waals surface area contributed by atoms with Crippen LogP contribution in [0.25, 0.3) is 6.08 Å². The molecule has 0 amide bonds. The van der Waals surface area contributed by atoms with E-state index in [1.54, 1.807) is 48.5 Å². The maximum Gasteiger partial charge on any atom is 0.190 e. The van der Waals surface area contributed by atoms with Gasteiger partial charge in [0.25, 0.3) is 0 Å². The number of Topliss-reactive ketones (excluding diaryl/α,β-unsaturated/α-hetero) is 3. The van der Waals surface area contributed by atoms with Gasteiger partial charge in [-0.15, -0.1) is 0 Å². The van der Waals surface area contributed by atoms with Crippen molar-refractivity contribution in [1.82, 2.24) is 0 Å². The minimum absolute atomic E-state index is 0.0981. The van der Waals surface area contributed by atoms with Gasteiger partial charge in [-0.25, -0.2) is 8.78 Å².